The number of sulfonamides is 1. The summed E-state index contributed by atoms with van der Waals surface area (Å²) in [7, 11) is -4.19. The molecule has 0 amide bonds. The third-order valence-corrected chi connectivity index (χ3v) is 7.92. The number of nitrogens with zero attached hydrogens (tertiary/aromatic N) is 1. The lowest BCUT2D eigenvalue weighted by molar-refractivity contribution is -0.140. The van der Waals surface area contributed by atoms with E-state index in [9.17, 15) is 26.0 Å². The van der Waals surface area contributed by atoms with Gasteiger partial charge in [0.15, 0.2) is 0 Å². The molecule has 32 heavy (non-hydrogen) atoms. The van der Waals surface area contributed by atoms with Crippen LogP contribution in [0.25, 0.3) is 10.1 Å². The Balaban J connectivity index is 1.88. The molecular weight excluding hydrogens is 464 g/mol. The highest BCUT2D eigenvalue weighted by Gasteiger charge is 2.35. The minimum Gasteiger partial charge on any atom is -0.396 e. The van der Waals surface area contributed by atoms with Crippen LogP contribution in [0.15, 0.2) is 77.7 Å². The first kappa shape index (κ1) is 22.1. The molecule has 10 heteroatoms. The summed E-state index contributed by atoms with van der Waals surface area (Å²) in [5.74, 6) is -1.43. The van der Waals surface area contributed by atoms with Crippen LogP contribution >= 0.6 is 11.3 Å². The number of anilines is 2. The first-order chi connectivity index (χ1) is 15.1. The first-order valence-electron chi connectivity index (χ1n) is 9.29. The zero-order valence-electron chi connectivity index (χ0n) is 16.3. The van der Waals surface area contributed by atoms with E-state index in [1.54, 1.807) is 42.5 Å². The van der Waals surface area contributed by atoms with Crippen LogP contribution in [0.2, 0.25) is 0 Å². The molecule has 166 valence electrons. The Bertz CT molecular complexity index is 1380. The Kier molecular flexibility index (Phi) is 5.59. The van der Waals surface area contributed by atoms with Crippen molar-refractivity contribution in [1.82, 2.24) is 0 Å². The highest BCUT2D eigenvalue weighted by atomic mass is 32.2. The van der Waals surface area contributed by atoms with E-state index in [0.29, 0.717) is 17.5 Å². The van der Waals surface area contributed by atoms with Crippen LogP contribution in [0, 0.1) is 5.82 Å². The highest BCUT2D eigenvalue weighted by molar-refractivity contribution is 7.93. The maximum absolute atomic E-state index is 13.8. The van der Waals surface area contributed by atoms with Gasteiger partial charge in [0, 0.05) is 10.1 Å². The summed E-state index contributed by atoms with van der Waals surface area (Å²) in [4.78, 5) is -0.0463. The quantitative estimate of drug-likeness (QED) is 0.355. The molecule has 0 saturated heterocycles. The van der Waals surface area contributed by atoms with Gasteiger partial charge in [0.05, 0.1) is 22.7 Å². The summed E-state index contributed by atoms with van der Waals surface area (Å²) >= 11 is 1.11. The van der Waals surface area contributed by atoms with E-state index in [1.807, 2.05) is 0 Å². The Morgan fingerprint density at radius 1 is 0.938 bits per heavy atom. The molecule has 0 fully saturated rings. The zero-order valence-corrected chi connectivity index (χ0v) is 17.9. The summed E-state index contributed by atoms with van der Waals surface area (Å²) in [5.41, 5.74) is 4.96. The SMILES string of the molecule is Nc1c(N(Cc2ccc(F)c(C(F)(F)F)c2)S(=O)(=O)c2ccccc2)sc2ccccc12. The number of hydrogen-bond acceptors (Lipinski definition) is 4. The van der Waals surface area contributed by atoms with Crippen molar-refractivity contribution in [1.29, 1.82) is 0 Å². The number of nitrogen functional groups attached to an aromatic ring is 1. The van der Waals surface area contributed by atoms with Crippen LogP contribution < -0.4 is 10.0 Å². The second-order valence-corrected chi connectivity index (χ2v) is 9.85. The fraction of sp³-hybridized carbons (Fsp3) is 0.0909. The number of halogens is 4. The Morgan fingerprint density at radius 3 is 2.25 bits per heavy atom. The molecule has 0 aliphatic rings. The van der Waals surface area contributed by atoms with Crippen molar-refractivity contribution >= 4 is 42.1 Å². The van der Waals surface area contributed by atoms with Crippen LogP contribution in [-0.2, 0) is 22.7 Å². The summed E-state index contributed by atoms with van der Waals surface area (Å²) in [6.07, 6.45) is -4.92. The number of rotatable bonds is 5. The topological polar surface area (TPSA) is 63.4 Å². The Hall–Kier alpha value is -3.11. The normalized spacial score (nSPS) is 12.2. The first-order valence-corrected chi connectivity index (χ1v) is 11.5. The fourth-order valence-corrected chi connectivity index (χ4v) is 6.10. The van der Waals surface area contributed by atoms with Crippen LogP contribution in [0.5, 0.6) is 0 Å². The summed E-state index contributed by atoms with van der Waals surface area (Å²) < 4.78 is 82.0. The molecule has 0 aliphatic carbocycles. The molecule has 4 aromatic rings. The van der Waals surface area contributed by atoms with Gasteiger partial charge in [-0.3, -0.25) is 4.31 Å². The molecule has 3 aromatic carbocycles. The molecule has 0 unspecified atom stereocenters. The monoisotopic (exact) mass is 480 g/mol. The van der Waals surface area contributed by atoms with Gasteiger partial charge in [-0.1, -0.05) is 42.5 Å². The lowest BCUT2D eigenvalue weighted by Gasteiger charge is -2.24. The second kappa shape index (κ2) is 8.10. The van der Waals surface area contributed by atoms with Gasteiger partial charge in [-0.15, -0.1) is 11.3 Å². The van der Waals surface area contributed by atoms with Gasteiger partial charge in [-0.2, -0.15) is 13.2 Å². The summed E-state index contributed by atoms with van der Waals surface area (Å²) in [6, 6.07) is 17.0. The van der Waals surface area contributed by atoms with E-state index in [1.165, 1.54) is 12.1 Å². The van der Waals surface area contributed by atoms with Crippen molar-refractivity contribution in [3.63, 3.8) is 0 Å². The van der Waals surface area contributed by atoms with Crippen molar-refractivity contribution in [2.75, 3.05) is 10.0 Å². The molecular formula is C22H16F4N2O2S2. The summed E-state index contributed by atoms with van der Waals surface area (Å²) in [5, 5.41) is 0.809. The van der Waals surface area contributed by atoms with Gasteiger partial charge in [-0.25, -0.2) is 12.8 Å². The maximum atomic E-state index is 13.8. The van der Waals surface area contributed by atoms with Crippen LogP contribution in [-0.4, -0.2) is 8.42 Å². The Labute approximate surface area is 185 Å². The van der Waals surface area contributed by atoms with E-state index in [4.69, 9.17) is 5.73 Å². The van der Waals surface area contributed by atoms with Gasteiger partial charge in [0.1, 0.15) is 10.8 Å². The molecule has 0 aliphatic heterocycles. The maximum Gasteiger partial charge on any atom is 0.419 e. The molecule has 0 spiro atoms. The van der Waals surface area contributed by atoms with Crippen LogP contribution in [0.3, 0.4) is 0 Å². The van der Waals surface area contributed by atoms with E-state index in [-0.39, 0.29) is 21.1 Å². The third kappa shape index (κ3) is 4.03. The number of alkyl halides is 3. The third-order valence-electron chi connectivity index (χ3n) is 4.83. The summed E-state index contributed by atoms with van der Waals surface area (Å²) in [6.45, 7) is -0.461. The fourth-order valence-electron chi connectivity index (χ4n) is 3.28. The predicted molar refractivity (Wildman–Crippen MR) is 117 cm³/mol. The minimum absolute atomic E-state index is 0.0323. The van der Waals surface area contributed by atoms with Crippen molar-refractivity contribution in [3.8, 4) is 0 Å². The average molecular weight is 481 g/mol. The molecule has 1 heterocycles. The van der Waals surface area contributed by atoms with Crippen molar-refractivity contribution in [2.24, 2.45) is 0 Å². The molecule has 0 radical (unpaired) electrons. The largest absolute Gasteiger partial charge is 0.419 e. The van der Waals surface area contributed by atoms with Crippen molar-refractivity contribution in [3.05, 3.63) is 89.7 Å². The second-order valence-electron chi connectivity index (χ2n) is 6.95. The lowest BCUT2D eigenvalue weighted by atomic mass is 10.1. The molecule has 4 rings (SSSR count). The minimum atomic E-state index is -4.92. The van der Waals surface area contributed by atoms with Gasteiger partial charge in [-0.05, 0) is 35.9 Å². The molecule has 2 N–H and O–H groups in total. The number of fused-ring (bicyclic) bond motifs is 1. The highest BCUT2D eigenvalue weighted by Crippen LogP contribution is 2.43. The number of benzene rings is 3. The molecule has 1 aromatic heterocycles. The number of nitrogens with two attached hydrogens (primary N) is 1. The average Bonchev–Trinajstić information content (AvgIpc) is 3.09. The van der Waals surface area contributed by atoms with E-state index in [0.717, 1.165) is 26.4 Å². The van der Waals surface area contributed by atoms with E-state index < -0.39 is 34.1 Å². The molecule has 0 bridgehead atoms. The molecule has 0 saturated carbocycles. The predicted octanol–water partition coefficient (Wildman–Crippen LogP) is 6.04. The van der Waals surface area contributed by atoms with Crippen molar-refractivity contribution in [2.45, 2.75) is 17.6 Å². The van der Waals surface area contributed by atoms with Gasteiger partial charge < -0.3 is 5.73 Å². The zero-order chi connectivity index (χ0) is 23.1. The van der Waals surface area contributed by atoms with Crippen molar-refractivity contribution < 1.29 is 26.0 Å². The standard InChI is InChI=1S/C22H16F4N2O2S2/c23-18-11-10-14(12-17(18)22(24,25)26)13-28(32(29,30)15-6-2-1-3-7-15)21-20(27)16-8-4-5-9-19(16)31-21/h1-12H,13,27H2. The smallest absolute Gasteiger partial charge is 0.396 e. The van der Waals surface area contributed by atoms with Crippen LogP contribution in [0.1, 0.15) is 11.1 Å². The van der Waals surface area contributed by atoms with Gasteiger partial charge >= 0.3 is 6.18 Å². The number of thiophene rings is 1. The van der Waals surface area contributed by atoms with E-state index in [2.05, 4.69) is 0 Å². The Morgan fingerprint density at radius 2 is 1.59 bits per heavy atom. The lowest BCUT2D eigenvalue weighted by Crippen LogP contribution is -2.30. The number of hydrogen-bond donors (Lipinski definition) is 1. The van der Waals surface area contributed by atoms with E-state index >= 15 is 0 Å². The molecule has 4 nitrogen and oxygen atoms in total. The van der Waals surface area contributed by atoms with Gasteiger partial charge in [0.2, 0.25) is 0 Å². The van der Waals surface area contributed by atoms with Gasteiger partial charge in [0.25, 0.3) is 10.0 Å². The van der Waals surface area contributed by atoms with Crippen LogP contribution in [0.4, 0.5) is 28.3 Å². The molecule has 0 atom stereocenters.